The molecule has 0 radical (unpaired) electrons. The molecular weight excluding hydrogens is 502 g/mol. The zero-order valence-corrected chi connectivity index (χ0v) is 23.3. The smallest absolute Gasteiger partial charge is 0.268 e. The van der Waals surface area contributed by atoms with Gasteiger partial charge < -0.3 is 14.8 Å². The Balaban J connectivity index is 1.65. The summed E-state index contributed by atoms with van der Waals surface area (Å²) >= 11 is 0. The van der Waals surface area contributed by atoms with Gasteiger partial charge in [-0.3, -0.25) is 9.59 Å². The van der Waals surface area contributed by atoms with E-state index in [0.29, 0.717) is 25.1 Å². The van der Waals surface area contributed by atoms with E-state index in [1.54, 1.807) is 19.2 Å². The maximum absolute atomic E-state index is 13.3. The summed E-state index contributed by atoms with van der Waals surface area (Å²) in [6, 6.07) is 16.8. The first-order valence-electron chi connectivity index (χ1n) is 12.5. The van der Waals surface area contributed by atoms with E-state index in [2.05, 4.69) is 5.32 Å². The van der Waals surface area contributed by atoms with Crippen LogP contribution in [0.3, 0.4) is 0 Å². The van der Waals surface area contributed by atoms with Crippen molar-refractivity contribution in [2.24, 2.45) is 13.0 Å². The van der Waals surface area contributed by atoms with E-state index >= 15 is 0 Å². The molecule has 38 heavy (non-hydrogen) atoms. The maximum atomic E-state index is 13.3. The molecule has 9 nitrogen and oxygen atoms in total. The van der Waals surface area contributed by atoms with Crippen LogP contribution in [0.25, 0.3) is 10.9 Å². The summed E-state index contributed by atoms with van der Waals surface area (Å²) in [4.78, 5) is 28.0. The Morgan fingerprint density at radius 3 is 2.37 bits per heavy atom. The van der Waals surface area contributed by atoms with Crippen LogP contribution >= 0.6 is 0 Å². The van der Waals surface area contributed by atoms with Crippen molar-refractivity contribution < 1.29 is 18.0 Å². The summed E-state index contributed by atoms with van der Waals surface area (Å²) in [5, 5.41) is 13.1. The fraction of sp³-hybridized carbons (Fsp3) is 0.393. The summed E-state index contributed by atoms with van der Waals surface area (Å²) in [5.41, 5.74) is 1.49. The number of aryl methyl sites for hydroxylation is 1. The molecule has 0 spiro atoms. The molecule has 202 valence electrons. The lowest BCUT2D eigenvalue weighted by Crippen LogP contribution is -2.48. The third kappa shape index (κ3) is 6.41. The van der Waals surface area contributed by atoms with Gasteiger partial charge >= 0.3 is 0 Å². The molecule has 1 aromatic heterocycles. The Morgan fingerprint density at radius 1 is 1.05 bits per heavy atom. The quantitative estimate of drug-likeness (QED) is 0.403. The number of aromatic nitrogens is 1. The van der Waals surface area contributed by atoms with Crippen molar-refractivity contribution in [2.75, 3.05) is 27.2 Å². The third-order valence-corrected chi connectivity index (χ3v) is 8.45. The van der Waals surface area contributed by atoms with Gasteiger partial charge in [0, 0.05) is 45.1 Å². The van der Waals surface area contributed by atoms with E-state index < -0.39 is 16.1 Å². The van der Waals surface area contributed by atoms with Crippen molar-refractivity contribution >= 4 is 32.7 Å². The van der Waals surface area contributed by atoms with Crippen LogP contribution in [0.4, 0.5) is 0 Å². The molecular formula is C28H35N5O4S. The Labute approximate surface area is 224 Å². The number of hydrogen-bond donors (Lipinski definition) is 1. The minimum atomic E-state index is -3.85. The van der Waals surface area contributed by atoms with Crippen LogP contribution in [-0.4, -0.2) is 67.2 Å². The lowest BCUT2D eigenvalue weighted by atomic mass is 10.0. The number of nitrogens with one attached hydrogen (secondary N) is 1. The van der Waals surface area contributed by atoms with Gasteiger partial charge in [-0.2, -0.15) is 5.26 Å². The first-order chi connectivity index (χ1) is 18.0. The molecule has 0 unspecified atom stereocenters. The van der Waals surface area contributed by atoms with E-state index in [9.17, 15) is 23.3 Å². The average molecular weight is 538 g/mol. The fourth-order valence-corrected chi connectivity index (χ4v) is 5.76. The van der Waals surface area contributed by atoms with Gasteiger partial charge in [0.1, 0.15) is 17.8 Å². The Bertz CT molecular complexity index is 1460. The van der Waals surface area contributed by atoms with Crippen LogP contribution in [-0.2, 0) is 21.9 Å². The van der Waals surface area contributed by atoms with Crippen molar-refractivity contribution in [1.29, 1.82) is 5.26 Å². The third-order valence-electron chi connectivity index (χ3n) is 6.53. The van der Waals surface area contributed by atoms with Crippen LogP contribution in [0.2, 0.25) is 0 Å². The number of rotatable bonds is 11. The molecule has 0 aliphatic rings. The zero-order chi connectivity index (χ0) is 28.0. The lowest BCUT2D eigenvalue weighted by molar-refractivity contribution is -0.132. The number of sulfonamides is 1. The minimum absolute atomic E-state index is 0.0394. The van der Waals surface area contributed by atoms with Crippen LogP contribution in [0.1, 0.15) is 42.7 Å². The van der Waals surface area contributed by atoms with Gasteiger partial charge in [0.15, 0.2) is 0 Å². The minimum Gasteiger partial charge on any atom is -0.344 e. The summed E-state index contributed by atoms with van der Waals surface area (Å²) in [7, 11) is 1.08. The average Bonchev–Trinajstić information content (AvgIpc) is 3.23. The van der Waals surface area contributed by atoms with Crippen molar-refractivity contribution in [3.63, 3.8) is 0 Å². The van der Waals surface area contributed by atoms with Gasteiger partial charge in [0.05, 0.1) is 10.5 Å². The largest absolute Gasteiger partial charge is 0.344 e. The normalized spacial score (nSPS) is 12.5. The molecule has 0 fully saturated rings. The van der Waals surface area contributed by atoms with Crippen molar-refractivity contribution in [2.45, 2.75) is 37.6 Å². The predicted octanol–water partition coefficient (Wildman–Crippen LogP) is 3.36. The molecule has 1 heterocycles. The summed E-state index contributed by atoms with van der Waals surface area (Å²) in [6.45, 7) is 4.44. The number of nitrogens with zero attached hydrogens (tertiary/aromatic N) is 4. The topological polar surface area (TPSA) is 116 Å². The van der Waals surface area contributed by atoms with Gasteiger partial charge in [-0.1, -0.05) is 44.2 Å². The first kappa shape index (κ1) is 28.9. The van der Waals surface area contributed by atoms with Crippen LogP contribution in [0.5, 0.6) is 0 Å². The van der Waals surface area contributed by atoms with Gasteiger partial charge in [-0.05, 0) is 43.0 Å². The molecule has 3 aromatic rings. The monoisotopic (exact) mass is 537 g/mol. The summed E-state index contributed by atoms with van der Waals surface area (Å²) in [5.74, 6) is -0.383. The highest BCUT2D eigenvalue weighted by molar-refractivity contribution is 7.89. The SMILES string of the molecule is CC(C)C[C@H](NC(=O)c1cc2ccccc2n1C)C(=O)N(C)CCCN(C)S(=O)(=O)c1ccccc1C#N. The van der Waals surface area contributed by atoms with Crippen LogP contribution in [0.15, 0.2) is 59.5 Å². The maximum Gasteiger partial charge on any atom is 0.268 e. The van der Waals surface area contributed by atoms with E-state index in [1.165, 1.54) is 28.4 Å². The summed E-state index contributed by atoms with van der Waals surface area (Å²) < 4.78 is 28.9. The number of likely N-dealkylation sites (N-methyl/N-ethyl adjacent to an activating group) is 1. The molecule has 0 bridgehead atoms. The van der Waals surface area contributed by atoms with E-state index in [-0.39, 0.29) is 34.7 Å². The first-order valence-corrected chi connectivity index (χ1v) is 14.0. The van der Waals surface area contributed by atoms with Crippen LogP contribution in [0, 0.1) is 17.2 Å². The number of hydrogen-bond acceptors (Lipinski definition) is 5. The molecule has 0 saturated heterocycles. The molecule has 0 saturated carbocycles. The second-order valence-electron chi connectivity index (χ2n) is 9.85. The second-order valence-corrected chi connectivity index (χ2v) is 11.9. The Hall–Kier alpha value is -3.68. The fourth-order valence-electron chi connectivity index (χ4n) is 4.41. The van der Waals surface area contributed by atoms with E-state index in [4.69, 9.17) is 0 Å². The van der Waals surface area contributed by atoms with Gasteiger partial charge in [-0.15, -0.1) is 0 Å². The van der Waals surface area contributed by atoms with Gasteiger partial charge in [-0.25, -0.2) is 12.7 Å². The van der Waals surface area contributed by atoms with Gasteiger partial charge in [0.2, 0.25) is 15.9 Å². The molecule has 10 heteroatoms. The number of fused-ring (bicyclic) bond motifs is 1. The second kappa shape index (κ2) is 12.2. The summed E-state index contributed by atoms with van der Waals surface area (Å²) in [6.07, 6.45) is 0.857. The van der Waals surface area contributed by atoms with Crippen molar-refractivity contribution in [3.05, 3.63) is 65.9 Å². The van der Waals surface area contributed by atoms with E-state index in [1.807, 2.05) is 61.9 Å². The van der Waals surface area contributed by atoms with Gasteiger partial charge in [0.25, 0.3) is 5.91 Å². The van der Waals surface area contributed by atoms with Crippen molar-refractivity contribution in [3.8, 4) is 6.07 Å². The number of benzene rings is 2. The number of amides is 2. The number of para-hydroxylation sites is 1. The predicted molar refractivity (Wildman–Crippen MR) is 147 cm³/mol. The number of carbonyl (C=O) groups is 2. The number of carbonyl (C=O) groups excluding carboxylic acids is 2. The molecule has 3 rings (SSSR count). The highest BCUT2D eigenvalue weighted by Crippen LogP contribution is 2.20. The molecule has 2 aromatic carbocycles. The molecule has 1 atom stereocenters. The van der Waals surface area contributed by atoms with Crippen LogP contribution < -0.4 is 5.32 Å². The highest BCUT2D eigenvalue weighted by Gasteiger charge is 2.27. The Kier molecular flexibility index (Phi) is 9.31. The van der Waals surface area contributed by atoms with Crippen molar-refractivity contribution in [1.82, 2.24) is 19.1 Å². The standard InChI is InChI=1S/C28H35N5O4S/c1-20(2)17-23(30-27(34)25-18-21-11-6-8-13-24(21)33(25)5)28(35)31(3)15-10-16-32(4)38(36,37)26-14-9-7-12-22(26)19-29/h6-9,11-14,18,20,23H,10,15-17H2,1-5H3,(H,30,34)/t23-/m0/s1. The zero-order valence-electron chi connectivity index (χ0n) is 22.5. The van der Waals surface area contributed by atoms with E-state index in [0.717, 1.165) is 10.9 Å². The number of nitriles is 1. The highest BCUT2D eigenvalue weighted by atomic mass is 32.2. The lowest BCUT2D eigenvalue weighted by Gasteiger charge is -2.26. The molecule has 1 N–H and O–H groups in total. The molecule has 0 aliphatic carbocycles. The Morgan fingerprint density at radius 2 is 1.71 bits per heavy atom. The molecule has 0 aliphatic heterocycles. The molecule has 2 amide bonds.